The average Bonchev–Trinajstić information content (AvgIpc) is 3.22. The van der Waals surface area contributed by atoms with Gasteiger partial charge in [0.05, 0.1) is 12.1 Å². The maximum absolute atomic E-state index is 13.4. The molecule has 1 amide bonds. The molecule has 182 valence electrons. The van der Waals surface area contributed by atoms with Crippen LogP contribution in [0.25, 0.3) is 0 Å². The number of halogens is 2. The fourth-order valence-electron chi connectivity index (χ4n) is 6.09. The van der Waals surface area contributed by atoms with E-state index in [1.54, 1.807) is 7.11 Å². The molecule has 1 saturated heterocycles. The molecule has 3 aliphatic rings. The normalized spacial score (nSPS) is 34.4. The number of carbonyl (C=O) groups excluding carboxylic acids is 2. The zero-order chi connectivity index (χ0) is 21.0. The Hall–Kier alpha value is -0.720. The van der Waals surface area contributed by atoms with E-state index in [4.69, 9.17) is 10.5 Å². The van der Waals surface area contributed by atoms with E-state index in [0.717, 1.165) is 57.8 Å². The first kappa shape index (κ1) is 28.3. The maximum Gasteiger partial charge on any atom is 0.226 e. The summed E-state index contributed by atoms with van der Waals surface area (Å²) in [5.41, 5.74) is 5.87. The van der Waals surface area contributed by atoms with Crippen LogP contribution in [0.5, 0.6) is 0 Å². The molecule has 1 aliphatic heterocycles. The van der Waals surface area contributed by atoms with Gasteiger partial charge in [-0.25, -0.2) is 4.39 Å². The molecule has 3 rings (SSSR count). The molecule has 0 aromatic carbocycles. The van der Waals surface area contributed by atoms with Crippen molar-refractivity contribution in [3.05, 3.63) is 0 Å². The van der Waals surface area contributed by atoms with Crippen molar-refractivity contribution in [3.8, 4) is 0 Å². The van der Waals surface area contributed by atoms with Crippen molar-refractivity contribution in [2.75, 3.05) is 20.3 Å². The number of methoxy groups -OCH3 is 1. The second-order valence-electron chi connectivity index (χ2n) is 9.45. The van der Waals surface area contributed by atoms with Crippen LogP contribution in [0.3, 0.4) is 0 Å². The molecule has 2 aliphatic carbocycles. The molecule has 5 nitrogen and oxygen atoms in total. The number of likely N-dealkylation sites (tertiary alicyclic amines) is 1. The molecule has 1 heterocycles. The lowest BCUT2D eigenvalue weighted by Gasteiger charge is -2.37. The summed E-state index contributed by atoms with van der Waals surface area (Å²) >= 11 is 0. The third-order valence-electron chi connectivity index (χ3n) is 7.97. The van der Waals surface area contributed by atoms with Crippen molar-refractivity contribution < 1.29 is 18.7 Å². The summed E-state index contributed by atoms with van der Waals surface area (Å²) in [4.78, 5) is 28.2. The second kappa shape index (κ2) is 13.1. The van der Waals surface area contributed by atoms with Crippen molar-refractivity contribution >= 4 is 24.1 Å². The zero-order valence-corrected chi connectivity index (χ0v) is 19.4. The van der Waals surface area contributed by atoms with E-state index in [9.17, 15) is 14.0 Å². The van der Waals surface area contributed by atoms with Gasteiger partial charge in [-0.3, -0.25) is 9.59 Å². The van der Waals surface area contributed by atoms with Crippen molar-refractivity contribution in [2.45, 2.75) is 96.7 Å². The zero-order valence-electron chi connectivity index (χ0n) is 18.6. The monoisotopic (exact) mass is 462 g/mol. The Bertz CT molecular complexity index is 563. The molecule has 0 unspecified atom stereocenters. The molecule has 3 atom stereocenters. The van der Waals surface area contributed by atoms with Gasteiger partial charge in [0, 0.05) is 32.0 Å². The highest BCUT2D eigenvalue weighted by molar-refractivity contribution is 5.90. The Labute approximate surface area is 194 Å². The standard InChI is InChI=1S/C23H39FN2O3.CH4.ClH/c1-3-21(27)22-19(15-8-10-18(29-2)11-9-15)12-13-26(22)23(28)17-6-4-16(5-7-17)20(25)14-24;;/h15-20,22H,3-14,25H2,1-2H3;1H4;1H/t15?,16?,17?,18?,19-,20+,22-;;/m0../s1. The smallest absolute Gasteiger partial charge is 0.226 e. The summed E-state index contributed by atoms with van der Waals surface area (Å²) in [6, 6.07) is -0.652. The highest BCUT2D eigenvalue weighted by Crippen LogP contribution is 2.41. The van der Waals surface area contributed by atoms with Gasteiger partial charge in [-0.15, -0.1) is 12.4 Å². The molecule has 0 bridgehead atoms. The van der Waals surface area contributed by atoms with E-state index in [1.165, 1.54) is 0 Å². The first-order chi connectivity index (χ1) is 14.0. The highest BCUT2D eigenvalue weighted by atomic mass is 35.5. The second-order valence-corrected chi connectivity index (χ2v) is 9.45. The van der Waals surface area contributed by atoms with Crippen LogP contribution in [-0.2, 0) is 14.3 Å². The van der Waals surface area contributed by atoms with Gasteiger partial charge >= 0.3 is 0 Å². The van der Waals surface area contributed by atoms with Gasteiger partial charge in [-0.1, -0.05) is 14.4 Å². The van der Waals surface area contributed by atoms with Crippen LogP contribution in [0.4, 0.5) is 4.39 Å². The number of amides is 1. The van der Waals surface area contributed by atoms with E-state index >= 15 is 0 Å². The van der Waals surface area contributed by atoms with Crippen LogP contribution in [0.1, 0.15) is 78.6 Å². The number of carbonyl (C=O) groups is 2. The topological polar surface area (TPSA) is 72.6 Å². The van der Waals surface area contributed by atoms with Crippen LogP contribution in [-0.4, -0.2) is 55.1 Å². The van der Waals surface area contributed by atoms with E-state index < -0.39 is 12.7 Å². The number of hydrogen-bond acceptors (Lipinski definition) is 4. The molecular formula is C24H44ClFN2O3. The third-order valence-corrected chi connectivity index (χ3v) is 7.97. The Morgan fingerprint density at radius 3 is 2.19 bits per heavy atom. The summed E-state index contributed by atoms with van der Waals surface area (Å²) in [5.74, 6) is 1.31. The van der Waals surface area contributed by atoms with E-state index in [-0.39, 0.29) is 49.4 Å². The van der Waals surface area contributed by atoms with Crippen molar-refractivity contribution in [1.29, 1.82) is 0 Å². The molecule has 0 aromatic heterocycles. The number of nitrogens with two attached hydrogens (primary N) is 1. The van der Waals surface area contributed by atoms with Gasteiger partial charge in [0.2, 0.25) is 5.91 Å². The number of ether oxygens (including phenoxy) is 1. The van der Waals surface area contributed by atoms with Crippen LogP contribution in [0.15, 0.2) is 0 Å². The van der Waals surface area contributed by atoms with E-state index in [1.807, 2.05) is 11.8 Å². The Balaban J connectivity index is 0.00000240. The minimum absolute atomic E-state index is 0. The highest BCUT2D eigenvalue weighted by Gasteiger charge is 2.46. The summed E-state index contributed by atoms with van der Waals surface area (Å²) in [6.07, 6.45) is 9.21. The van der Waals surface area contributed by atoms with Gasteiger partial charge in [0.1, 0.15) is 6.67 Å². The fourth-order valence-corrected chi connectivity index (χ4v) is 6.09. The number of ketones is 1. The van der Waals surface area contributed by atoms with Gasteiger partial charge < -0.3 is 15.4 Å². The molecule has 0 aromatic rings. The van der Waals surface area contributed by atoms with Gasteiger partial charge in [0.15, 0.2) is 5.78 Å². The molecule has 2 N–H and O–H groups in total. The molecule has 0 spiro atoms. The van der Waals surface area contributed by atoms with Crippen molar-refractivity contribution in [2.24, 2.45) is 29.4 Å². The van der Waals surface area contributed by atoms with E-state index in [0.29, 0.717) is 30.9 Å². The number of hydrogen-bond donors (Lipinski definition) is 1. The molecule has 3 fully saturated rings. The van der Waals surface area contributed by atoms with Crippen LogP contribution in [0, 0.1) is 23.7 Å². The first-order valence-electron chi connectivity index (χ1n) is 11.7. The average molecular weight is 463 g/mol. The van der Waals surface area contributed by atoms with Crippen LogP contribution >= 0.6 is 12.4 Å². The molecule has 2 saturated carbocycles. The molecule has 31 heavy (non-hydrogen) atoms. The lowest BCUT2D eigenvalue weighted by atomic mass is 9.74. The Kier molecular flexibility index (Phi) is 12.0. The predicted molar refractivity (Wildman–Crippen MR) is 125 cm³/mol. The number of rotatable bonds is 7. The Morgan fingerprint density at radius 1 is 1.06 bits per heavy atom. The molecule has 7 heteroatoms. The SMILES string of the molecule is C.CCC(=O)[C@@H]1[C@H](C2CCC(OC)CC2)CCN1C(=O)C1CCC([C@H](N)CF)CC1.Cl. The van der Waals surface area contributed by atoms with Crippen LogP contribution in [0.2, 0.25) is 0 Å². The summed E-state index contributed by atoms with van der Waals surface area (Å²) < 4.78 is 18.4. The Morgan fingerprint density at radius 2 is 1.68 bits per heavy atom. The lowest BCUT2D eigenvalue weighted by molar-refractivity contribution is -0.143. The number of nitrogens with zero attached hydrogens (tertiary/aromatic N) is 1. The first-order valence-corrected chi connectivity index (χ1v) is 11.7. The largest absolute Gasteiger partial charge is 0.381 e. The lowest BCUT2D eigenvalue weighted by Crippen LogP contribution is -2.48. The summed E-state index contributed by atoms with van der Waals surface area (Å²) in [5, 5.41) is 0. The quantitative estimate of drug-likeness (QED) is 0.602. The number of alkyl halides is 1. The molecule has 0 radical (unpaired) electrons. The maximum atomic E-state index is 13.4. The minimum atomic E-state index is -0.491. The summed E-state index contributed by atoms with van der Waals surface area (Å²) in [6.45, 7) is 2.12. The van der Waals surface area contributed by atoms with Gasteiger partial charge in [-0.05, 0) is 75.5 Å². The van der Waals surface area contributed by atoms with Crippen LogP contribution < -0.4 is 5.73 Å². The van der Waals surface area contributed by atoms with E-state index in [2.05, 4.69) is 0 Å². The van der Waals surface area contributed by atoms with Crippen molar-refractivity contribution in [3.63, 3.8) is 0 Å². The van der Waals surface area contributed by atoms with Gasteiger partial charge in [0.25, 0.3) is 0 Å². The molecular weight excluding hydrogens is 419 g/mol. The number of Topliss-reactive ketones (excluding diaryl/α,β-unsaturated/α-hetero) is 1. The summed E-state index contributed by atoms with van der Waals surface area (Å²) in [7, 11) is 1.78. The minimum Gasteiger partial charge on any atom is -0.381 e. The fraction of sp³-hybridized carbons (Fsp3) is 0.917. The van der Waals surface area contributed by atoms with Gasteiger partial charge in [-0.2, -0.15) is 0 Å². The van der Waals surface area contributed by atoms with Crippen molar-refractivity contribution in [1.82, 2.24) is 4.90 Å². The third kappa shape index (κ3) is 6.42. The predicted octanol–water partition coefficient (Wildman–Crippen LogP) is 4.55.